The molecule has 8 heteroatoms. The smallest absolute Gasteiger partial charge is 0.264 e. The van der Waals surface area contributed by atoms with Gasteiger partial charge in [-0.1, -0.05) is 0 Å². The Morgan fingerprint density at radius 1 is 1.38 bits per heavy atom. The maximum absolute atomic E-state index is 10.3. The summed E-state index contributed by atoms with van der Waals surface area (Å²) in [6.45, 7) is 0.503. The molecular weight excluding hydrogens is 196 g/mol. The van der Waals surface area contributed by atoms with E-state index in [1.165, 1.54) is 4.68 Å². The van der Waals surface area contributed by atoms with Gasteiger partial charge in [0.15, 0.2) is 0 Å². The lowest BCUT2D eigenvalue weighted by Gasteiger charge is -1.97. The third kappa shape index (κ3) is 4.53. The highest BCUT2D eigenvalue weighted by molar-refractivity contribution is 7.85. The first kappa shape index (κ1) is 10.1. The van der Waals surface area contributed by atoms with Gasteiger partial charge in [0.25, 0.3) is 10.1 Å². The fourth-order valence-corrected chi connectivity index (χ4v) is 1.37. The normalized spacial score (nSPS) is 11.8. The van der Waals surface area contributed by atoms with Crippen LogP contribution in [0.1, 0.15) is 12.8 Å². The van der Waals surface area contributed by atoms with Crippen molar-refractivity contribution in [2.45, 2.75) is 19.4 Å². The van der Waals surface area contributed by atoms with Crippen LogP contribution in [0.5, 0.6) is 0 Å². The summed E-state index contributed by atoms with van der Waals surface area (Å²) in [6, 6.07) is 0. The van der Waals surface area contributed by atoms with Gasteiger partial charge in [-0.05, 0) is 23.3 Å². The summed E-state index contributed by atoms with van der Waals surface area (Å²) in [5, 5.41) is 10.2. The minimum absolute atomic E-state index is 0.227. The largest absolute Gasteiger partial charge is 0.286 e. The van der Waals surface area contributed by atoms with Crippen molar-refractivity contribution in [3.63, 3.8) is 0 Å². The Bertz CT molecular complexity index is 333. The molecule has 73 valence electrons. The van der Waals surface area contributed by atoms with Gasteiger partial charge in [0.05, 0.1) is 5.75 Å². The molecule has 0 amide bonds. The zero-order valence-corrected chi connectivity index (χ0v) is 7.61. The first-order chi connectivity index (χ1) is 6.08. The molecule has 1 aromatic heterocycles. The van der Waals surface area contributed by atoms with E-state index >= 15 is 0 Å². The molecule has 0 bridgehead atoms. The van der Waals surface area contributed by atoms with Crippen molar-refractivity contribution >= 4 is 10.1 Å². The Labute approximate surface area is 75.5 Å². The summed E-state index contributed by atoms with van der Waals surface area (Å²) in [5.41, 5.74) is 0. The number of unbranched alkanes of at least 4 members (excludes halogenated alkanes) is 1. The lowest BCUT2D eigenvalue weighted by molar-refractivity contribution is 0.475. The third-order valence-electron chi connectivity index (χ3n) is 1.38. The van der Waals surface area contributed by atoms with E-state index in [0.29, 0.717) is 19.4 Å². The molecule has 7 nitrogen and oxygen atoms in total. The summed E-state index contributed by atoms with van der Waals surface area (Å²) in [5.74, 6) is -0.227. The van der Waals surface area contributed by atoms with E-state index in [2.05, 4.69) is 21.9 Å². The summed E-state index contributed by atoms with van der Waals surface area (Å²) in [6.07, 6.45) is 3.43. The van der Waals surface area contributed by atoms with Crippen LogP contribution in [0.3, 0.4) is 0 Å². The number of tetrazole rings is 1. The fourth-order valence-electron chi connectivity index (χ4n) is 0.801. The minimum Gasteiger partial charge on any atom is -0.286 e. The third-order valence-corrected chi connectivity index (χ3v) is 2.18. The Hall–Kier alpha value is -1.02. The van der Waals surface area contributed by atoms with Crippen molar-refractivity contribution in [1.82, 2.24) is 20.2 Å². The fraction of sp³-hybridized carbons (Fsp3) is 0.800. The van der Waals surface area contributed by atoms with Crippen LogP contribution in [0, 0.1) is 6.33 Å². The Morgan fingerprint density at radius 3 is 2.69 bits per heavy atom. The van der Waals surface area contributed by atoms with Gasteiger partial charge >= 0.3 is 0 Å². The molecule has 1 heterocycles. The second-order valence-electron chi connectivity index (χ2n) is 2.50. The van der Waals surface area contributed by atoms with Crippen LogP contribution in [0.4, 0.5) is 0 Å². The van der Waals surface area contributed by atoms with Crippen LogP contribution in [-0.2, 0) is 16.7 Å². The van der Waals surface area contributed by atoms with Crippen molar-refractivity contribution in [2.75, 3.05) is 5.75 Å². The van der Waals surface area contributed by atoms with Gasteiger partial charge in [-0.15, -0.1) is 5.10 Å². The molecular formula is C5H9N4O3S. The van der Waals surface area contributed by atoms with Crippen molar-refractivity contribution < 1.29 is 13.0 Å². The maximum atomic E-state index is 10.3. The standard InChI is InChI=1S/C5H9N4O3S/c10-13(11,12)4-2-1-3-9-5-6-7-8-9/h1-4H2,(H,10,11,12). The van der Waals surface area contributed by atoms with Crippen LogP contribution in [0.15, 0.2) is 0 Å². The lowest BCUT2D eigenvalue weighted by Crippen LogP contribution is -2.06. The molecule has 0 aliphatic rings. The molecule has 0 aliphatic carbocycles. The second kappa shape index (κ2) is 4.28. The number of rotatable bonds is 5. The van der Waals surface area contributed by atoms with Gasteiger partial charge in [0.1, 0.15) is 0 Å². The van der Waals surface area contributed by atoms with Gasteiger partial charge in [-0.3, -0.25) is 4.55 Å². The van der Waals surface area contributed by atoms with Gasteiger partial charge in [0.2, 0.25) is 6.33 Å². The van der Waals surface area contributed by atoms with Crippen molar-refractivity contribution in [3.05, 3.63) is 6.33 Å². The van der Waals surface area contributed by atoms with E-state index in [-0.39, 0.29) is 5.75 Å². The van der Waals surface area contributed by atoms with Crippen LogP contribution in [0.2, 0.25) is 0 Å². The van der Waals surface area contributed by atoms with E-state index in [1.54, 1.807) is 0 Å². The molecule has 0 unspecified atom stereocenters. The first-order valence-electron chi connectivity index (χ1n) is 3.67. The molecule has 0 saturated carbocycles. The minimum atomic E-state index is -3.84. The van der Waals surface area contributed by atoms with Crippen LogP contribution in [-0.4, -0.2) is 38.9 Å². The van der Waals surface area contributed by atoms with E-state index in [0.717, 1.165) is 0 Å². The summed E-state index contributed by atoms with van der Waals surface area (Å²) in [4.78, 5) is 0. The molecule has 0 aliphatic heterocycles. The quantitative estimate of drug-likeness (QED) is 0.496. The Morgan fingerprint density at radius 2 is 2.15 bits per heavy atom. The molecule has 0 aromatic carbocycles. The molecule has 1 N–H and O–H groups in total. The second-order valence-corrected chi connectivity index (χ2v) is 4.07. The average Bonchev–Trinajstić information content (AvgIpc) is 2.48. The van der Waals surface area contributed by atoms with Crippen molar-refractivity contribution in [1.29, 1.82) is 0 Å². The summed E-state index contributed by atoms with van der Waals surface area (Å²) >= 11 is 0. The Balaban J connectivity index is 2.16. The highest BCUT2D eigenvalue weighted by Gasteiger charge is 2.03. The number of aryl methyl sites for hydroxylation is 1. The monoisotopic (exact) mass is 205 g/mol. The van der Waals surface area contributed by atoms with Gasteiger partial charge in [-0.2, -0.15) is 8.42 Å². The SMILES string of the molecule is O=S(=O)(O)CCCCn1[c]nnn1. The van der Waals surface area contributed by atoms with Crippen LogP contribution >= 0.6 is 0 Å². The van der Waals surface area contributed by atoms with Gasteiger partial charge in [0, 0.05) is 6.54 Å². The van der Waals surface area contributed by atoms with E-state index in [4.69, 9.17) is 4.55 Å². The number of nitrogens with zero attached hydrogens (tertiary/aromatic N) is 4. The predicted octanol–water partition coefficient (Wildman–Crippen LogP) is -0.859. The molecule has 0 atom stereocenters. The lowest BCUT2D eigenvalue weighted by atomic mass is 10.3. The van der Waals surface area contributed by atoms with E-state index in [1.807, 2.05) is 0 Å². The van der Waals surface area contributed by atoms with E-state index < -0.39 is 10.1 Å². The number of aromatic nitrogens is 4. The summed E-state index contributed by atoms with van der Waals surface area (Å²) in [7, 11) is -3.84. The topological polar surface area (TPSA) is 98.0 Å². The van der Waals surface area contributed by atoms with Crippen LogP contribution < -0.4 is 0 Å². The highest BCUT2D eigenvalue weighted by Crippen LogP contribution is 1.95. The molecule has 0 saturated heterocycles. The maximum Gasteiger partial charge on any atom is 0.264 e. The highest BCUT2D eigenvalue weighted by atomic mass is 32.2. The zero-order valence-electron chi connectivity index (χ0n) is 6.79. The van der Waals surface area contributed by atoms with E-state index in [9.17, 15) is 8.42 Å². The van der Waals surface area contributed by atoms with Crippen molar-refractivity contribution in [2.24, 2.45) is 0 Å². The molecule has 1 aromatic rings. The Kier molecular flexibility index (Phi) is 3.32. The first-order valence-corrected chi connectivity index (χ1v) is 5.28. The predicted molar refractivity (Wildman–Crippen MR) is 42.3 cm³/mol. The average molecular weight is 205 g/mol. The summed E-state index contributed by atoms with van der Waals surface area (Å²) < 4.78 is 30.4. The molecule has 13 heavy (non-hydrogen) atoms. The van der Waals surface area contributed by atoms with Gasteiger partial charge < -0.3 is 0 Å². The molecule has 1 radical (unpaired) electrons. The number of hydrogen-bond acceptors (Lipinski definition) is 5. The zero-order chi connectivity index (χ0) is 9.73. The molecule has 0 spiro atoms. The van der Waals surface area contributed by atoms with Crippen LogP contribution in [0.25, 0.3) is 0 Å². The molecule has 0 fully saturated rings. The molecule has 1 rings (SSSR count). The van der Waals surface area contributed by atoms with Crippen molar-refractivity contribution in [3.8, 4) is 0 Å². The number of hydrogen-bond donors (Lipinski definition) is 1. The van der Waals surface area contributed by atoms with Gasteiger partial charge in [-0.25, -0.2) is 4.68 Å².